The topological polar surface area (TPSA) is 88.3 Å². The molecule has 1 heterocycles. The zero-order chi connectivity index (χ0) is 10.4. The van der Waals surface area contributed by atoms with Crippen LogP contribution < -0.4 is 5.32 Å². The summed E-state index contributed by atoms with van der Waals surface area (Å²) in [7, 11) is 0. The molecule has 7 heteroatoms. The molecule has 0 atom stereocenters. The van der Waals surface area contributed by atoms with Gasteiger partial charge in [0.05, 0.1) is 11.5 Å². The number of hydrogen-bond acceptors (Lipinski definition) is 6. The summed E-state index contributed by atoms with van der Waals surface area (Å²) in [6, 6.07) is 0. The predicted molar refractivity (Wildman–Crippen MR) is 52.1 cm³/mol. The molecule has 0 saturated heterocycles. The van der Waals surface area contributed by atoms with Gasteiger partial charge in [0.15, 0.2) is 5.13 Å². The summed E-state index contributed by atoms with van der Waals surface area (Å²) in [5, 5.41) is 21.8. The summed E-state index contributed by atoms with van der Waals surface area (Å²) >= 11 is 0.947. The Balaban J connectivity index is 2.48. The van der Waals surface area contributed by atoms with Crippen LogP contribution in [0.4, 0.5) is 10.1 Å². The number of nitrogens with zero attached hydrogens (tertiary/aromatic N) is 2. The maximum absolute atomic E-state index is 10.3. The minimum Gasteiger partial charge on any atom is -0.384 e. The molecule has 0 radical (unpaired) electrons. The van der Waals surface area contributed by atoms with Gasteiger partial charge in [0.25, 0.3) is 0 Å². The average molecular weight is 213 g/mol. The van der Waals surface area contributed by atoms with Crippen molar-refractivity contribution >= 4 is 21.5 Å². The molecule has 1 rings (SSSR count). The molecular weight excluding hydrogens is 206 g/mol. The van der Waals surface area contributed by atoms with E-state index in [0.29, 0.717) is 11.7 Å². The first kappa shape index (κ1) is 10.4. The SMILES string of the molecule is O=[N+]([O-])c1cnc(NCC#CCO)s1. The molecule has 0 bridgehead atoms. The van der Waals surface area contributed by atoms with Crippen molar-refractivity contribution in [3.8, 4) is 11.8 Å². The highest BCUT2D eigenvalue weighted by Gasteiger charge is 2.09. The van der Waals surface area contributed by atoms with Gasteiger partial charge >= 0.3 is 5.00 Å². The molecule has 2 N–H and O–H groups in total. The Morgan fingerprint density at radius 1 is 1.71 bits per heavy atom. The van der Waals surface area contributed by atoms with E-state index in [9.17, 15) is 10.1 Å². The fourth-order valence-electron chi connectivity index (χ4n) is 0.670. The highest BCUT2D eigenvalue weighted by atomic mass is 32.1. The summed E-state index contributed by atoms with van der Waals surface area (Å²) in [5.74, 6) is 5.04. The molecule has 0 aliphatic heterocycles. The summed E-state index contributed by atoms with van der Waals surface area (Å²) in [5.41, 5.74) is 0. The van der Waals surface area contributed by atoms with Crippen LogP contribution in [-0.2, 0) is 0 Å². The van der Waals surface area contributed by atoms with E-state index in [0.717, 1.165) is 11.3 Å². The Hall–Kier alpha value is -1.65. The lowest BCUT2D eigenvalue weighted by molar-refractivity contribution is -0.380. The summed E-state index contributed by atoms with van der Waals surface area (Å²) in [4.78, 5) is 13.6. The summed E-state index contributed by atoms with van der Waals surface area (Å²) in [6.07, 6.45) is 1.19. The third-order valence-corrected chi connectivity index (χ3v) is 2.11. The molecule has 74 valence electrons. The first-order valence-electron chi connectivity index (χ1n) is 3.64. The number of aromatic nitrogens is 1. The number of hydrogen-bond donors (Lipinski definition) is 2. The van der Waals surface area contributed by atoms with Crippen molar-refractivity contribution in [3.05, 3.63) is 16.3 Å². The van der Waals surface area contributed by atoms with Crippen molar-refractivity contribution in [2.75, 3.05) is 18.5 Å². The largest absolute Gasteiger partial charge is 0.384 e. The number of aliphatic hydroxyl groups is 1. The van der Waals surface area contributed by atoms with Gasteiger partial charge in [-0.25, -0.2) is 4.98 Å². The predicted octanol–water partition coefficient (Wildman–Crippen LogP) is 0.459. The molecule has 0 aliphatic rings. The number of anilines is 1. The lowest BCUT2D eigenvalue weighted by Gasteiger charge is -1.91. The first-order chi connectivity index (χ1) is 6.74. The van der Waals surface area contributed by atoms with Crippen molar-refractivity contribution in [1.29, 1.82) is 0 Å². The molecule has 6 nitrogen and oxygen atoms in total. The zero-order valence-electron chi connectivity index (χ0n) is 7.06. The Morgan fingerprint density at radius 3 is 3.07 bits per heavy atom. The van der Waals surface area contributed by atoms with E-state index >= 15 is 0 Å². The molecule has 1 aromatic rings. The third kappa shape index (κ3) is 3.01. The summed E-state index contributed by atoms with van der Waals surface area (Å²) in [6.45, 7) is 0.116. The molecule has 0 aliphatic carbocycles. The van der Waals surface area contributed by atoms with Crippen LogP contribution in [0.5, 0.6) is 0 Å². The van der Waals surface area contributed by atoms with E-state index in [1.807, 2.05) is 0 Å². The highest BCUT2D eigenvalue weighted by Crippen LogP contribution is 2.24. The molecule has 1 aromatic heterocycles. The second kappa shape index (κ2) is 5.16. The van der Waals surface area contributed by atoms with Gasteiger partial charge in [0.1, 0.15) is 12.8 Å². The highest BCUT2D eigenvalue weighted by molar-refractivity contribution is 7.18. The van der Waals surface area contributed by atoms with Gasteiger partial charge in [-0.2, -0.15) is 0 Å². The Bertz CT molecular complexity index is 379. The van der Waals surface area contributed by atoms with Gasteiger partial charge in [-0.05, 0) is 11.3 Å². The van der Waals surface area contributed by atoms with Crippen molar-refractivity contribution < 1.29 is 10.0 Å². The molecule has 0 amide bonds. The fourth-order valence-corrected chi connectivity index (χ4v) is 1.30. The third-order valence-electron chi connectivity index (χ3n) is 1.21. The Morgan fingerprint density at radius 2 is 2.50 bits per heavy atom. The molecule has 0 fully saturated rings. The number of thiazole rings is 1. The lowest BCUT2D eigenvalue weighted by Crippen LogP contribution is -1.97. The summed E-state index contributed by atoms with van der Waals surface area (Å²) < 4.78 is 0. The Kier molecular flexibility index (Phi) is 3.84. The van der Waals surface area contributed by atoms with Crippen LogP contribution in [0.2, 0.25) is 0 Å². The molecule has 0 aromatic carbocycles. The molecule has 0 saturated carbocycles. The second-order valence-electron chi connectivity index (χ2n) is 2.13. The minimum atomic E-state index is -0.498. The van der Waals surface area contributed by atoms with E-state index in [-0.39, 0.29) is 11.6 Å². The van der Waals surface area contributed by atoms with Gasteiger partial charge in [-0.1, -0.05) is 11.8 Å². The zero-order valence-corrected chi connectivity index (χ0v) is 7.87. The van der Waals surface area contributed by atoms with E-state index in [1.54, 1.807) is 0 Å². The van der Waals surface area contributed by atoms with Crippen LogP contribution in [0, 0.1) is 22.0 Å². The minimum absolute atomic E-state index is 0.0115. The van der Waals surface area contributed by atoms with E-state index in [1.165, 1.54) is 6.20 Å². The van der Waals surface area contributed by atoms with E-state index in [2.05, 4.69) is 22.1 Å². The Labute approximate surface area is 83.7 Å². The van der Waals surface area contributed by atoms with Crippen LogP contribution in [0.15, 0.2) is 6.20 Å². The number of nitrogens with one attached hydrogen (secondary N) is 1. The van der Waals surface area contributed by atoms with E-state index < -0.39 is 4.92 Å². The van der Waals surface area contributed by atoms with Crippen LogP contribution in [0.1, 0.15) is 0 Å². The van der Waals surface area contributed by atoms with Crippen molar-refractivity contribution in [3.63, 3.8) is 0 Å². The smallest absolute Gasteiger partial charge is 0.345 e. The average Bonchev–Trinajstić information content (AvgIpc) is 2.61. The normalized spacial score (nSPS) is 8.93. The van der Waals surface area contributed by atoms with Gasteiger partial charge in [0, 0.05) is 0 Å². The van der Waals surface area contributed by atoms with Crippen LogP contribution in [0.3, 0.4) is 0 Å². The van der Waals surface area contributed by atoms with E-state index in [4.69, 9.17) is 5.11 Å². The van der Waals surface area contributed by atoms with Crippen LogP contribution in [-0.4, -0.2) is 28.2 Å². The van der Waals surface area contributed by atoms with Gasteiger partial charge in [0.2, 0.25) is 0 Å². The molecule has 0 unspecified atom stereocenters. The number of aliphatic hydroxyl groups excluding tert-OH is 1. The maximum Gasteiger partial charge on any atom is 0.345 e. The van der Waals surface area contributed by atoms with Crippen LogP contribution >= 0.6 is 11.3 Å². The van der Waals surface area contributed by atoms with Gasteiger partial charge in [-0.3, -0.25) is 10.1 Å². The quantitative estimate of drug-likeness (QED) is 0.432. The second-order valence-corrected chi connectivity index (χ2v) is 3.14. The fraction of sp³-hybridized carbons (Fsp3) is 0.286. The number of rotatable bonds is 3. The van der Waals surface area contributed by atoms with Crippen LogP contribution in [0.25, 0.3) is 0 Å². The van der Waals surface area contributed by atoms with Gasteiger partial charge < -0.3 is 10.4 Å². The maximum atomic E-state index is 10.3. The van der Waals surface area contributed by atoms with Crippen molar-refractivity contribution in [2.24, 2.45) is 0 Å². The molecular formula is C7H7N3O3S. The first-order valence-corrected chi connectivity index (χ1v) is 4.46. The monoisotopic (exact) mass is 213 g/mol. The number of nitro groups is 1. The standard InChI is InChI=1S/C7H7N3O3S/c11-4-2-1-3-8-7-9-5-6(14-7)10(12)13/h5,11H,3-4H2,(H,8,9). The van der Waals surface area contributed by atoms with Crippen molar-refractivity contribution in [2.45, 2.75) is 0 Å². The van der Waals surface area contributed by atoms with Gasteiger partial charge in [-0.15, -0.1) is 0 Å². The van der Waals surface area contributed by atoms with Crippen molar-refractivity contribution in [1.82, 2.24) is 4.98 Å². The molecule has 14 heavy (non-hydrogen) atoms. The lowest BCUT2D eigenvalue weighted by atomic mass is 10.6. The molecule has 0 spiro atoms.